The molecule has 2 fully saturated rings. The predicted octanol–water partition coefficient (Wildman–Crippen LogP) is 3.77. The number of aliphatic hydroxyl groups excluding tert-OH is 3. The summed E-state index contributed by atoms with van der Waals surface area (Å²) in [7, 11) is 0. The molecule has 5 N–H and O–H groups in total. The first-order valence-corrected chi connectivity index (χ1v) is 18.2. The van der Waals surface area contributed by atoms with E-state index in [1.807, 2.05) is 59.2 Å². The number of nitrogens with one attached hydrogen (secondary N) is 2. The fourth-order valence-corrected chi connectivity index (χ4v) is 7.61. The number of piperidine rings is 1. The quantitative estimate of drug-likeness (QED) is 0.147. The van der Waals surface area contributed by atoms with E-state index < -0.39 is 43.2 Å². The number of amides is 1. The molecule has 1 amide bonds. The molecule has 6 aromatic rings. The van der Waals surface area contributed by atoms with Crippen molar-refractivity contribution in [3.63, 3.8) is 0 Å². The fraction of sp³-hybridized carbons (Fsp3) is 0.317. The zero-order valence-electron chi connectivity index (χ0n) is 29.7. The minimum absolute atomic E-state index is 0.0498. The largest absolute Gasteiger partial charge is 0.462 e. The van der Waals surface area contributed by atoms with Crippen molar-refractivity contribution in [2.45, 2.75) is 63.0 Å². The van der Waals surface area contributed by atoms with E-state index in [1.165, 1.54) is 12.5 Å². The molecule has 54 heavy (non-hydrogen) atoms. The molecule has 0 spiro atoms. The lowest BCUT2D eigenvalue weighted by Gasteiger charge is -2.42. The third-order valence-electron chi connectivity index (χ3n) is 10.4. The van der Waals surface area contributed by atoms with Crippen molar-refractivity contribution in [2.75, 3.05) is 19.7 Å². The molecule has 0 radical (unpaired) electrons. The normalized spacial score (nSPS) is 22.4. The van der Waals surface area contributed by atoms with Crippen LogP contribution in [0.5, 0.6) is 5.75 Å². The molecule has 2 aliphatic heterocycles. The maximum absolute atomic E-state index is 12.8. The zero-order chi connectivity index (χ0) is 37.3. The van der Waals surface area contributed by atoms with Crippen molar-refractivity contribution in [2.24, 2.45) is 0 Å². The Morgan fingerprint density at radius 1 is 0.889 bits per heavy atom. The van der Waals surface area contributed by atoms with Crippen LogP contribution in [0.25, 0.3) is 44.6 Å². The number of nitrogens with zero attached hydrogens (tertiary/aromatic N) is 4. The predicted molar refractivity (Wildman–Crippen MR) is 203 cm³/mol. The molecule has 0 bridgehead atoms. The molecule has 1 unspecified atom stereocenters. The lowest BCUT2D eigenvalue weighted by Crippen LogP contribution is -2.65. The maximum atomic E-state index is 12.8. The Labute approximate surface area is 310 Å². The highest BCUT2D eigenvalue weighted by Crippen LogP contribution is 2.34. The molecule has 0 aliphatic carbocycles. The van der Waals surface area contributed by atoms with E-state index in [-0.39, 0.29) is 11.7 Å². The zero-order valence-corrected chi connectivity index (χ0v) is 29.7. The molecule has 13 nitrogen and oxygen atoms in total. The van der Waals surface area contributed by atoms with Gasteiger partial charge in [-0.2, -0.15) is 0 Å². The van der Waals surface area contributed by atoms with Gasteiger partial charge in [-0.25, -0.2) is 14.8 Å². The number of hydrogen-bond donors (Lipinski definition) is 5. The van der Waals surface area contributed by atoms with E-state index in [2.05, 4.69) is 39.5 Å². The monoisotopic (exact) mass is 730 g/mol. The van der Waals surface area contributed by atoms with E-state index in [1.54, 1.807) is 18.2 Å². The van der Waals surface area contributed by atoms with Gasteiger partial charge >= 0.3 is 5.69 Å². The standard InChI is InChI=1S/C41H42N6O7/c1-24(49)42-37-39(51)38(50)34(23-48)54-40(37)53-29-15-16-30-32(21-29)44-36(35(43-30)26-7-3-2-4-8-26)27-13-11-25(12-14-27)22-46-19-17-28(18-20-46)47-33-10-6-5-9-31(33)45-41(47)52/h2-16,21,28,34,37-40,48,50-51H,17-20,22-23H2,1H3,(H,42,49)(H,45,52)/t34-,37-,38-,39-,40?/m1/s1. The minimum atomic E-state index is -1.43. The van der Waals surface area contributed by atoms with Crippen LogP contribution in [0, 0.1) is 0 Å². The summed E-state index contributed by atoms with van der Waals surface area (Å²) >= 11 is 0. The average molecular weight is 731 g/mol. The van der Waals surface area contributed by atoms with E-state index in [4.69, 9.17) is 19.4 Å². The van der Waals surface area contributed by atoms with Crippen LogP contribution in [0.15, 0.2) is 102 Å². The summed E-state index contributed by atoms with van der Waals surface area (Å²) in [6, 6.07) is 30.3. The number of fused-ring (bicyclic) bond motifs is 2. The van der Waals surface area contributed by atoms with Crippen molar-refractivity contribution in [3.05, 3.63) is 113 Å². The number of hydrogen-bond acceptors (Lipinski definition) is 10. The third kappa shape index (κ3) is 7.11. The summed E-state index contributed by atoms with van der Waals surface area (Å²) in [6.45, 7) is 3.30. The summed E-state index contributed by atoms with van der Waals surface area (Å²) in [4.78, 5) is 40.2. The van der Waals surface area contributed by atoms with Crippen LogP contribution in [-0.4, -0.2) is 96.0 Å². The summed E-state index contributed by atoms with van der Waals surface area (Å²) in [6.07, 6.45) is -3.38. The van der Waals surface area contributed by atoms with Gasteiger partial charge in [0.05, 0.1) is 40.1 Å². The van der Waals surface area contributed by atoms with Gasteiger partial charge in [0.1, 0.15) is 30.1 Å². The highest BCUT2D eigenvalue weighted by Gasteiger charge is 2.46. The lowest BCUT2D eigenvalue weighted by molar-refractivity contribution is -0.244. The molecular weight excluding hydrogens is 688 g/mol. The van der Waals surface area contributed by atoms with Crippen molar-refractivity contribution < 1.29 is 29.6 Å². The Balaban J connectivity index is 1.03. The summed E-state index contributed by atoms with van der Waals surface area (Å²) < 4.78 is 13.8. The number of benzene rings is 4. The average Bonchev–Trinajstić information content (AvgIpc) is 3.53. The Morgan fingerprint density at radius 3 is 2.30 bits per heavy atom. The van der Waals surface area contributed by atoms with Crippen molar-refractivity contribution >= 4 is 28.0 Å². The number of imidazole rings is 1. The molecule has 4 heterocycles. The van der Waals surface area contributed by atoms with Crippen LogP contribution < -0.4 is 15.7 Å². The van der Waals surface area contributed by atoms with Gasteiger partial charge in [0.2, 0.25) is 12.2 Å². The summed E-state index contributed by atoms with van der Waals surface area (Å²) in [5, 5.41) is 33.5. The molecule has 8 rings (SSSR count). The topological polar surface area (TPSA) is 175 Å². The van der Waals surface area contributed by atoms with Gasteiger partial charge < -0.3 is 35.1 Å². The molecule has 0 saturated carbocycles. The van der Waals surface area contributed by atoms with Crippen LogP contribution in [0.1, 0.15) is 31.4 Å². The molecule has 2 aromatic heterocycles. The highest BCUT2D eigenvalue weighted by molar-refractivity contribution is 5.87. The van der Waals surface area contributed by atoms with Crippen molar-refractivity contribution in [3.8, 4) is 28.3 Å². The number of aromatic amines is 1. The number of rotatable bonds is 9. The Hall–Kier alpha value is -5.44. The molecule has 13 heteroatoms. The van der Waals surface area contributed by atoms with E-state index in [0.29, 0.717) is 22.5 Å². The molecule has 278 valence electrons. The second-order valence-electron chi connectivity index (χ2n) is 14.0. The second-order valence-corrected chi connectivity index (χ2v) is 14.0. The molecular formula is C41H42N6O7. The van der Waals surface area contributed by atoms with E-state index >= 15 is 0 Å². The van der Waals surface area contributed by atoms with Gasteiger partial charge in [0.25, 0.3) is 0 Å². The smallest absolute Gasteiger partial charge is 0.326 e. The highest BCUT2D eigenvalue weighted by atomic mass is 16.7. The number of carbonyl (C=O) groups is 1. The summed E-state index contributed by atoms with van der Waals surface area (Å²) in [5.74, 6) is -0.104. The van der Waals surface area contributed by atoms with E-state index in [0.717, 1.165) is 60.3 Å². The minimum Gasteiger partial charge on any atom is -0.462 e. The maximum Gasteiger partial charge on any atom is 0.326 e. The van der Waals surface area contributed by atoms with Crippen LogP contribution in [-0.2, 0) is 16.1 Å². The van der Waals surface area contributed by atoms with Gasteiger partial charge in [-0.3, -0.25) is 14.3 Å². The van der Waals surface area contributed by atoms with Crippen LogP contribution >= 0.6 is 0 Å². The molecule has 2 aliphatic rings. The number of para-hydroxylation sites is 2. The van der Waals surface area contributed by atoms with Gasteiger partial charge in [-0.1, -0.05) is 66.7 Å². The molecule has 2 saturated heterocycles. The second kappa shape index (κ2) is 15.1. The first-order valence-electron chi connectivity index (χ1n) is 18.2. The Morgan fingerprint density at radius 2 is 1.57 bits per heavy atom. The number of likely N-dealkylation sites (tertiary alicyclic amines) is 1. The number of aromatic nitrogens is 4. The van der Waals surface area contributed by atoms with Gasteiger partial charge in [-0.05, 0) is 42.7 Å². The van der Waals surface area contributed by atoms with Crippen LogP contribution in [0.4, 0.5) is 0 Å². The van der Waals surface area contributed by atoms with Gasteiger partial charge in [0, 0.05) is 49.8 Å². The Bertz CT molecular complexity index is 2320. The number of ether oxygens (including phenoxy) is 2. The van der Waals surface area contributed by atoms with Crippen molar-refractivity contribution in [1.82, 2.24) is 29.7 Å². The third-order valence-corrected chi connectivity index (χ3v) is 10.4. The Kier molecular flexibility index (Phi) is 9.97. The van der Waals surface area contributed by atoms with E-state index in [9.17, 15) is 24.9 Å². The SMILES string of the molecule is CC(=O)N[C@H]1C(Oc2ccc3nc(-c4ccccc4)c(-c4ccc(CN5CCC(n6c(=O)[nH]c7ccccc76)CC5)cc4)nc3c2)O[C@H](CO)[C@@H](O)[C@@H]1O. The first-order chi connectivity index (χ1) is 26.2. The van der Waals surface area contributed by atoms with Crippen LogP contribution in [0.2, 0.25) is 0 Å². The lowest BCUT2D eigenvalue weighted by atomic mass is 9.97. The molecule has 5 atom stereocenters. The first kappa shape index (κ1) is 35.6. The fourth-order valence-electron chi connectivity index (χ4n) is 7.61. The molecule has 4 aromatic carbocycles. The van der Waals surface area contributed by atoms with Crippen molar-refractivity contribution in [1.29, 1.82) is 0 Å². The number of carbonyl (C=O) groups excluding carboxylic acids is 1. The van der Waals surface area contributed by atoms with Gasteiger partial charge in [0.15, 0.2) is 0 Å². The number of aliphatic hydroxyl groups is 3. The van der Waals surface area contributed by atoms with Gasteiger partial charge in [-0.15, -0.1) is 0 Å². The van der Waals surface area contributed by atoms with Crippen LogP contribution in [0.3, 0.4) is 0 Å². The summed E-state index contributed by atoms with van der Waals surface area (Å²) in [5.41, 5.74) is 7.34. The number of H-pyrrole nitrogens is 1.